The molecule has 0 bridgehead atoms. The third-order valence-corrected chi connectivity index (χ3v) is 4.67. The summed E-state index contributed by atoms with van der Waals surface area (Å²) >= 11 is 0. The summed E-state index contributed by atoms with van der Waals surface area (Å²) in [6.45, 7) is 1.70. The van der Waals surface area contributed by atoms with Crippen molar-refractivity contribution in [1.82, 2.24) is 14.8 Å². The van der Waals surface area contributed by atoms with E-state index >= 15 is 0 Å². The van der Waals surface area contributed by atoms with Gasteiger partial charge in [-0.1, -0.05) is 56.0 Å². The highest BCUT2D eigenvalue weighted by Gasteiger charge is 1.99. The van der Waals surface area contributed by atoms with E-state index in [2.05, 4.69) is 15.1 Å². The summed E-state index contributed by atoms with van der Waals surface area (Å²) in [6, 6.07) is 17.5. The van der Waals surface area contributed by atoms with E-state index in [0.29, 0.717) is 5.84 Å². The van der Waals surface area contributed by atoms with Gasteiger partial charge >= 0.3 is 0 Å². The Morgan fingerprint density at radius 3 is 2.34 bits per heavy atom. The number of ether oxygens (including phenoxy) is 1. The molecule has 29 heavy (non-hydrogen) atoms. The molecule has 152 valence electrons. The number of hydrogen-bond acceptors (Lipinski definition) is 4. The van der Waals surface area contributed by atoms with Crippen LogP contribution >= 0.6 is 0 Å². The molecule has 0 fully saturated rings. The monoisotopic (exact) mass is 391 g/mol. The number of unbranched alkanes of at least 4 members (excludes halogenated alkanes) is 5. The van der Waals surface area contributed by atoms with E-state index in [-0.39, 0.29) is 0 Å². The molecule has 0 aliphatic carbocycles. The molecule has 0 spiro atoms. The number of rotatable bonds is 12. The number of aliphatic imine (C=N–C) groups is 1. The van der Waals surface area contributed by atoms with Crippen LogP contribution in [-0.2, 0) is 6.54 Å². The van der Waals surface area contributed by atoms with Crippen LogP contribution in [0, 0.1) is 0 Å². The van der Waals surface area contributed by atoms with Crippen LogP contribution in [0.3, 0.4) is 0 Å². The molecule has 6 heteroatoms. The van der Waals surface area contributed by atoms with Crippen molar-refractivity contribution in [3.05, 3.63) is 72.8 Å². The first-order valence-electron chi connectivity index (χ1n) is 10.3. The van der Waals surface area contributed by atoms with Gasteiger partial charge in [-0.25, -0.2) is 9.98 Å². The number of benzene rings is 2. The number of hydrogen-bond donors (Lipinski definition) is 1. The molecular weight excluding hydrogens is 362 g/mol. The average molecular weight is 392 g/mol. The number of aryl methyl sites for hydroxylation is 1. The van der Waals surface area contributed by atoms with Crippen LogP contribution in [0.4, 0.5) is 5.69 Å². The van der Waals surface area contributed by atoms with Crippen molar-refractivity contribution in [2.75, 3.05) is 6.61 Å². The molecule has 3 rings (SSSR count). The Kier molecular flexibility index (Phi) is 8.26. The van der Waals surface area contributed by atoms with Crippen LogP contribution in [0.25, 0.3) is 0 Å². The Morgan fingerprint density at radius 2 is 1.62 bits per heavy atom. The molecule has 2 N–H and O–H groups in total. The van der Waals surface area contributed by atoms with Gasteiger partial charge in [0.15, 0.2) is 0 Å². The highest BCUT2D eigenvalue weighted by molar-refractivity contribution is 5.98. The first-order valence-corrected chi connectivity index (χ1v) is 10.3. The van der Waals surface area contributed by atoms with Gasteiger partial charge in [0.25, 0.3) is 0 Å². The lowest BCUT2D eigenvalue weighted by molar-refractivity contribution is 0.304. The fourth-order valence-corrected chi connectivity index (χ4v) is 3.05. The molecule has 1 aromatic heterocycles. The van der Waals surface area contributed by atoms with Gasteiger partial charge in [0, 0.05) is 12.1 Å². The molecule has 0 unspecified atom stereocenters. The molecule has 0 amide bonds. The molecule has 1 heterocycles. The Hall–Kier alpha value is -3.15. The lowest BCUT2D eigenvalue weighted by atomic mass is 10.1. The van der Waals surface area contributed by atoms with Crippen molar-refractivity contribution in [2.24, 2.45) is 10.7 Å². The van der Waals surface area contributed by atoms with Crippen LogP contribution in [-0.4, -0.2) is 27.2 Å². The number of aromatic nitrogens is 3. The molecule has 0 saturated heterocycles. The Balaban J connectivity index is 1.27. The Morgan fingerprint density at radius 1 is 0.897 bits per heavy atom. The molecule has 3 aromatic rings. The second-order valence-electron chi connectivity index (χ2n) is 6.99. The third-order valence-electron chi connectivity index (χ3n) is 4.67. The zero-order valence-electron chi connectivity index (χ0n) is 16.8. The van der Waals surface area contributed by atoms with Crippen LogP contribution in [0.5, 0.6) is 5.75 Å². The lowest BCUT2D eigenvalue weighted by Gasteiger charge is -2.07. The molecule has 0 atom stereocenters. The summed E-state index contributed by atoms with van der Waals surface area (Å²) in [5.74, 6) is 1.38. The molecule has 0 radical (unpaired) electrons. The first-order chi connectivity index (χ1) is 14.3. The molecule has 0 aliphatic heterocycles. The van der Waals surface area contributed by atoms with E-state index in [0.717, 1.165) is 43.0 Å². The van der Waals surface area contributed by atoms with Crippen molar-refractivity contribution in [3.8, 4) is 5.75 Å². The molecule has 6 nitrogen and oxygen atoms in total. The van der Waals surface area contributed by atoms with E-state index in [4.69, 9.17) is 10.5 Å². The van der Waals surface area contributed by atoms with Gasteiger partial charge in [0.1, 0.15) is 24.2 Å². The standard InChI is InChI=1S/C23H29N5O/c24-23(20-10-6-5-7-11-20)27-21-12-14-22(15-13-21)29-17-9-4-2-1-3-8-16-28-19-25-18-26-28/h5-7,10-15,18-19H,1-4,8-9,16-17H2,(H2,24,27). The van der Waals surface area contributed by atoms with Crippen LogP contribution in [0.2, 0.25) is 0 Å². The number of nitrogens with two attached hydrogens (primary N) is 1. The van der Waals surface area contributed by atoms with Gasteiger partial charge in [-0.05, 0) is 37.1 Å². The minimum atomic E-state index is 0.514. The molecular formula is C23H29N5O. The quantitative estimate of drug-likeness (QED) is 0.275. The van der Waals surface area contributed by atoms with Crippen molar-refractivity contribution >= 4 is 11.5 Å². The van der Waals surface area contributed by atoms with E-state index in [1.807, 2.05) is 59.3 Å². The minimum absolute atomic E-state index is 0.514. The Bertz CT molecular complexity index is 845. The topological polar surface area (TPSA) is 78.3 Å². The van der Waals surface area contributed by atoms with Gasteiger partial charge in [0.05, 0.1) is 12.3 Å². The SMILES string of the molecule is NC(=Nc1ccc(OCCCCCCCCn2cncn2)cc1)c1ccccc1. The fourth-order valence-electron chi connectivity index (χ4n) is 3.05. The zero-order valence-corrected chi connectivity index (χ0v) is 16.8. The van der Waals surface area contributed by atoms with Crippen LogP contribution < -0.4 is 10.5 Å². The van der Waals surface area contributed by atoms with Gasteiger partial charge in [-0.15, -0.1) is 0 Å². The van der Waals surface area contributed by atoms with Crippen molar-refractivity contribution in [3.63, 3.8) is 0 Å². The van der Waals surface area contributed by atoms with Gasteiger partial charge in [-0.2, -0.15) is 5.10 Å². The second-order valence-corrected chi connectivity index (χ2v) is 6.99. The Labute approximate surface area is 172 Å². The maximum Gasteiger partial charge on any atom is 0.137 e. The predicted octanol–water partition coefficient (Wildman–Crippen LogP) is 4.73. The maximum atomic E-state index is 6.06. The normalized spacial score (nSPS) is 11.5. The number of nitrogens with zero attached hydrogens (tertiary/aromatic N) is 4. The van der Waals surface area contributed by atoms with E-state index in [1.165, 1.54) is 25.7 Å². The third kappa shape index (κ3) is 7.41. The second kappa shape index (κ2) is 11.6. The summed E-state index contributed by atoms with van der Waals surface area (Å²) in [4.78, 5) is 8.41. The molecule has 0 aliphatic rings. The van der Waals surface area contributed by atoms with E-state index < -0.39 is 0 Å². The van der Waals surface area contributed by atoms with Gasteiger partial charge in [-0.3, -0.25) is 4.68 Å². The van der Waals surface area contributed by atoms with Crippen LogP contribution in [0.15, 0.2) is 72.2 Å². The van der Waals surface area contributed by atoms with E-state index in [9.17, 15) is 0 Å². The van der Waals surface area contributed by atoms with Gasteiger partial charge < -0.3 is 10.5 Å². The highest BCUT2D eigenvalue weighted by Crippen LogP contribution is 2.19. The first kappa shape index (κ1) is 20.6. The number of amidine groups is 1. The summed E-state index contributed by atoms with van der Waals surface area (Å²) in [7, 11) is 0. The largest absolute Gasteiger partial charge is 0.494 e. The van der Waals surface area contributed by atoms with Crippen LogP contribution in [0.1, 0.15) is 44.1 Å². The molecule has 0 saturated carbocycles. The smallest absolute Gasteiger partial charge is 0.137 e. The average Bonchev–Trinajstić information content (AvgIpc) is 3.28. The minimum Gasteiger partial charge on any atom is -0.494 e. The fraction of sp³-hybridized carbons (Fsp3) is 0.348. The zero-order chi connectivity index (χ0) is 20.2. The summed E-state index contributed by atoms with van der Waals surface area (Å²) in [5.41, 5.74) is 7.80. The van der Waals surface area contributed by atoms with Crippen molar-refractivity contribution < 1.29 is 4.74 Å². The van der Waals surface area contributed by atoms with Gasteiger partial charge in [0.2, 0.25) is 0 Å². The summed E-state index contributed by atoms with van der Waals surface area (Å²) in [6.07, 6.45) is 10.5. The van der Waals surface area contributed by atoms with Crippen molar-refractivity contribution in [1.29, 1.82) is 0 Å². The summed E-state index contributed by atoms with van der Waals surface area (Å²) in [5, 5.41) is 4.11. The molecule has 2 aromatic carbocycles. The highest BCUT2D eigenvalue weighted by atomic mass is 16.5. The van der Waals surface area contributed by atoms with Crippen molar-refractivity contribution in [2.45, 2.75) is 45.1 Å². The lowest BCUT2D eigenvalue weighted by Crippen LogP contribution is -2.12. The maximum absolute atomic E-state index is 6.06. The van der Waals surface area contributed by atoms with E-state index in [1.54, 1.807) is 12.7 Å². The summed E-state index contributed by atoms with van der Waals surface area (Å²) < 4.78 is 7.72. The predicted molar refractivity (Wildman–Crippen MR) is 116 cm³/mol.